The van der Waals surface area contributed by atoms with Gasteiger partial charge in [-0.2, -0.15) is 0 Å². The van der Waals surface area contributed by atoms with Crippen molar-refractivity contribution in [2.24, 2.45) is 11.8 Å². The van der Waals surface area contributed by atoms with Gasteiger partial charge in [-0.3, -0.25) is 9.59 Å². The Labute approximate surface area is 191 Å². The maximum absolute atomic E-state index is 13.8. The molecule has 1 saturated heterocycles. The van der Waals surface area contributed by atoms with Gasteiger partial charge in [0, 0.05) is 5.92 Å². The summed E-state index contributed by atoms with van der Waals surface area (Å²) in [6.45, 7) is 0. The number of hydrogen-bond donors (Lipinski definition) is 0. The molecule has 3 aromatic carbocycles. The summed E-state index contributed by atoms with van der Waals surface area (Å²) in [6, 6.07) is 21.1. The molecule has 0 radical (unpaired) electrons. The summed E-state index contributed by atoms with van der Waals surface area (Å²) in [7, 11) is 0. The van der Waals surface area contributed by atoms with E-state index >= 15 is 0 Å². The third kappa shape index (κ3) is 2.12. The topological polar surface area (TPSA) is 37.4 Å². The average molecular weight is 499 g/mol. The third-order valence-corrected chi connectivity index (χ3v) is 8.76. The van der Waals surface area contributed by atoms with Crippen molar-refractivity contribution in [3.63, 3.8) is 0 Å². The lowest BCUT2D eigenvalue weighted by molar-refractivity contribution is -0.122. The van der Waals surface area contributed by atoms with Crippen LogP contribution >= 0.6 is 39.1 Å². The molecule has 0 unspecified atom stereocenters. The molecular weight excluding hydrogens is 485 g/mol. The van der Waals surface area contributed by atoms with Gasteiger partial charge < -0.3 is 0 Å². The van der Waals surface area contributed by atoms with Crippen LogP contribution in [-0.2, 0) is 13.9 Å². The zero-order valence-electron chi connectivity index (χ0n) is 15.5. The molecule has 0 aromatic heterocycles. The van der Waals surface area contributed by atoms with Crippen molar-refractivity contribution in [3.8, 4) is 0 Å². The van der Waals surface area contributed by atoms with Gasteiger partial charge in [-0.1, -0.05) is 87.7 Å². The molecule has 6 heteroatoms. The van der Waals surface area contributed by atoms with Gasteiger partial charge >= 0.3 is 0 Å². The summed E-state index contributed by atoms with van der Waals surface area (Å²) in [5.41, 5.74) is 4.79. The van der Waals surface area contributed by atoms with Crippen LogP contribution in [0.5, 0.6) is 0 Å². The van der Waals surface area contributed by atoms with E-state index in [1.807, 2.05) is 24.3 Å². The van der Waals surface area contributed by atoms with Crippen LogP contribution in [0.3, 0.4) is 0 Å². The van der Waals surface area contributed by atoms with Crippen LogP contribution in [0.25, 0.3) is 0 Å². The zero-order chi connectivity index (χ0) is 20.8. The smallest absolute Gasteiger partial charge is 0.239 e. The quantitative estimate of drug-likeness (QED) is 0.309. The molecule has 1 aliphatic heterocycles. The van der Waals surface area contributed by atoms with Crippen LogP contribution in [0.1, 0.15) is 28.2 Å². The highest BCUT2D eigenvalue weighted by molar-refractivity contribution is 9.09. The Morgan fingerprint density at radius 3 is 2.00 bits per heavy atom. The van der Waals surface area contributed by atoms with E-state index in [4.69, 9.17) is 23.2 Å². The molecule has 3 nitrogen and oxygen atoms in total. The normalized spacial score (nSPS) is 28.4. The molecule has 2 bridgehead atoms. The number of carbonyl (C=O) groups is 2. The van der Waals surface area contributed by atoms with Crippen LogP contribution in [-0.4, -0.2) is 11.8 Å². The zero-order valence-corrected chi connectivity index (χ0v) is 18.6. The molecular formula is C24H14BrCl2NO2. The van der Waals surface area contributed by atoms with E-state index in [9.17, 15) is 9.59 Å². The number of carbonyl (C=O) groups excluding carboxylic acids is 2. The number of nitrogens with zero attached hydrogens (tertiary/aromatic N) is 1. The third-order valence-electron chi connectivity index (χ3n) is 6.68. The SMILES string of the molecule is O=C1[C@@H]2[C@@H](C(=O)N1c1ccc(Cl)c(Cl)c1)C1c3ccccc3C2(Br)c2ccccc21. The minimum absolute atomic E-state index is 0.161. The van der Waals surface area contributed by atoms with E-state index in [0.717, 1.165) is 22.3 Å². The van der Waals surface area contributed by atoms with E-state index < -0.39 is 16.2 Å². The molecule has 2 atom stereocenters. The van der Waals surface area contributed by atoms with Gasteiger partial charge in [-0.15, -0.1) is 0 Å². The standard InChI is InChI=1S/C24H14BrCl2NO2/c25-24-15-7-3-1-5-13(15)19(14-6-2-4-8-16(14)24)20-21(24)23(30)28(22(20)29)12-9-10-17(26)18(27)11-12/h1-11,19-21H/t19?,20-,21-,24?/m0/s1. The molecule has 1 heterocycles. The summed E-state index contributed by atoms with van der Waals surface area (Å²) in [5, 5.41) is 0.696. The minimum atomic E-state index is -0.753. The first kappa shape index (κ1) is 18.6. The predicted molar refractivity (Wildman–Crippen MR) is 120 cm³/mol. The lowest BCUT2D eigenvalue weighted by atomic mass is 9.55. The van der Waals surface area contributed by atoms with Gasteiger partial charge in [0.15, 0.2) is 0 Å². The van der Waals surface area contributed by atoms with Crippen LogP contribution in [0.15, 0.2) is 66.7 Å². The molecule has 4 aliphatic rings. The summed E-state index contributed by atoms with van der Waals surface area (Å²) in [5.74, 6) is -1.58. The Morgan fingerprint density at radius 1 is 0.800 bits per heavy atom. The summed E-state index contributed by atoms with van der Waals surface area (Å²) >= 11 is 16.2. The highest BCUT2D eigenvalue weighted by Gasteiger charge is 2.67. The molecule has 148 valence electrons. The lowest BCUT2D eigenvalue weighted by Gasteiger charge is -2.51. The number of rotatable bonds is 1. The van der Waals surface area contributed by atoms with Crippen molar-refractivity contribution >= 4 is 56.6 Å². The highest BCUT2D eigenvalue weighted by atomic mass is 79.9. The summed E-state index contributed by atoms with van der Waals surface area (Å²) in [4.78, 5) is 28.8. The largest absolute Gasteiger partial charge is 0.274 e. The number of halogens is 3. The Kier molecular flexibility index (Phi) is 3.84. The van der Waals surface area contributed by atoms with E-state index in [0.29, 0.717) is 15.7 Å². The van der Waals surface area contributed by atoms with E-state index in [1.165, 1.54) is 4.90 Å². The summed E-state index contributed by atoms with van der Waals surface area (Å²) < 4.78 is -0.753. The number of amides is 2. The van der Waals surface area contributed by atoms with E-state index in [2.05, 4.69) is 40.2 Å². The Morgan fingerprint density at radius 2 is 1.40 bits per heavy atom. The van der Waals surface area contributed by atoms with Gasteiger partial charge in [-0.25, -0.2) is 4.90 Å². The van der Waals surface area contributed by atoms with Crippen molar-refractivity contribution in [2.75, 3.05) is 4.90 Å². The molecule has 3 aromatic rings. The van der Waals surface area contributed by atoms with Gasteiger partial charge in [0.1, 0.15) is 0 Å². The van der Waals surface area contributed by atoms with Gasteiger partial charge in [0.25, 0.3) is 0 Å². The molecule has 30 heavy (non-hydrogen) atoms. The Hall–Kier alpha value is -2.14. The van der Waals surface area contributed by atoms with Crippen molar-refractivity contribution < 1.29 is 9.59 Å². The second kappa shape index (κ2) is 6.19. The average Bonchev–Trinajstić information content (AvgIpc) is 3.02. The molecule has 1 fully saturated rings. The number of benzene rings is 3. The molecule has 0 saturated carbocycles. The highest BCUT2D eigenvalue weighted by Crippen LogP contribution is 2.66. The van der Waals surface area contributed by atoms with Crippen molar-refractivity contribution in [1.82, 2.24) is 0 Å². The van der Waals surface area contributed by atoms with Gasteiger partial charge in [0.2, 0.25) is 11.8 Å². The fourth-order valence-electron chi connectivity index (χ4n) is 5.56. The van der Waals surface area contributed by atoms with Crippen LogP contribution in [0, 0.1) is 11.8 Å². The monoisotopic (exact) mass is 497 g/mol. The minimum Gasteiger partial charge on any atom is -0.274 e. The predicted octanol–water partition coefficient (Wildman–Crippen LogP) is 5.90. The molecule has 3 aliphatic carbocycles. The molecule has 0 N–H and O–H groups in total. The fraction of sp³-hybridized carbons (Fsp3) is 0.167. The number of anilines is 1. The molecule has 2 amide bonds. The van der Waals surface area contributed by atoms with Crippen molar-refractivity contribution in [1.29, 1.82) is 0 Å². The second-order valence-electron chi connectivity index (χ2n) is 7.98. The van der Waals surface area contributed by atoms with Crippen LogP contribution < -0.4 is 4.90 Å². The first-order chi connectivity index (χ1) is 14.4. The van der Waals surface area contributed by atoms with E-state index in [-0.39, 0.29) is 17.7 Å². The Bertz CT molecular complexity index is 1230. The Balaban J connectivity index is 1.60. The molecule has 7 rings (SSSR count). The van der Waals surface area contributed by atoms with E-state index in [1.54, 1.807) is 18.2 Å². The number of alkyl halides is 1. The maximum Gasteiger partial charge on any atom is 0.239 e. The number of hydrogen-bond acceptors (Lipinski definition) is 2. The lowest BCUT2D eigenvalue weighted by Crippen LogP contribution is -2.50. The first-order valence-corrected chi connectivity index (χ1v) is 11.2. The van der Waals surface area contributed by atoms with Crippen molar-refractivity contribution in [2.45, 2.75) is 10.2 Å². The molecule has 0 spiro atoms. The fourth-order valence-corrected chi connectivity index (χ4v) is 7.05. The van der Waals surface area contributed by atoms with Crippen molar-refractivity contribution in [3.05, 3.63) is 99.0 Å². The number of imide groups is 1. The summed E-state index contributed by atoms with van der Waals surface area (Å²) in [6.07, 6.45) is 0. The van der Waals surface area contributed by atoms with Crippen LogP contribution in [0.4, 0.5) is 5.69 Å². The second-order valence-corrected chi connectivity index (χ2v) is 10.0. The maximum atomic E-state index is 13.8. The van der Waals surface area contributed by atoms with Crippen LogP contribution in [0.2, 0.25) is 10.0 Å². The first-order valence-electron chi connectivity index (χ1n) is 9.65. The van der Waals surface area contributed by atoms with Gasteiger partial charge in [-0.05, 0) is 40.5 Å². The van der Waals surface area contributed by atoms with Gasteiger partial charge in [0.05, 0.1) is 31.9 Å².